The highest BCUT2D eigenvalue weighted by Crippen LogP contribution is 2.25. The zero-order chi connectivity index (χ0) is 12.3. The topological polar surface area (TPSA) is 116 Å². The molecule has 0 fully saturated rings. The standard InChI is InChI=1S/C10H12N2O4/c1-5(9(12)13)16-7-4-2-3-6(11)8(7)10(14)15/h2-5H,11H2,1H3,(H2,12,13)(H,14,15). The lowest BCUT2D eigenvalue weighted by atomic mass is 10.1. The Bertz CT molecular complexity index is 431. The highest BCUT2D eigenvalue weighted by atomic mass is 16.5. The molecule has 16 heavy (non-hydrogen) atoms. The van der Waals surface area contributed by atoms with Crippen molar-refractivity contribution in [3.8, 4) is 5.75 Å². The van der Waals surface area contributed by atoms with E-state index in [2.05, 4.69) is 0 Å². The molecule has 0 bridgehead atoms. The smallest absolute Gasteiger partial charge is 0.341 e. The fraction of sp³-hybridized carbons (Fsp3) is 0.200. The number of hydrogen-bond acceptors (Lipinski definition) is 4. The monoisotopic (exact) mass is 224 g/mol. The SMILES string of the molecule is CC(Oc1cccc(N)c1C(=O)O)C(N)=O. The average molecular weight is 224 g/mol. The molecule has 0 heterocycles. The normalized spacial score (nSPS) is 11.8. The second-order valence-electron chi connectivity index (χ2n) is 3.19. The lowest BCUT2D eigenvalue weighted by Crippen LogP contribution is -2.31. The second-order valence-corrected chi connectivity index (χ2v) is 3.19. The summed E-state index contributed by atoms with van der Waals surface area (Å²) in [6, 6.07) is 4.38. The van der Waals surface area contributed by atoms with Gasteiger partial charge in [-0.05, 0) is 19.1 Å². The molecule has 0 aromatic heterocycles. The lowest BCUT2D eigenvalue weighted by molar-refractivity contribution is -0.124. The van der Waals surface area contributed by atoms with Gasteiger partial charge in [0.25, 0.3) is 5.91 Å². The van der Waals surface area contributed by atoms with E-state index in [-0.39, 0.29) is 17.0 Å². The van der Waals surface area contributed by atoms with E-state index in [1.165, 1.54) is 25.1 Å². The number of carboxylic acid groups (broad SMARTS) is 1. The van der Waals surface area contributed by atoms with E-state index in [0.717, 1.165) is 0 Å². The first-order valence-corrected chi connectivity index (χ1v) is 4.51. The number of carbonyl (C=O) groups is 2. The van der Waals surface area contributed by atoms with Crippen LogP contribution in [0.15, 0.2) is 18.2 Å². The first-order valence-electron chi connectivity index (χ1n) is 4.51. The van der Waals surface area contributed by atoms with Crippen LogP contribution in [0, 0.1) is 0 Å². The highest BCUT2D eigenvalue weighted by Gasteiger charge is 2.18. The van der Waals surface area contributed by atoms with Crippen molar-refractivity contribution in [3.05, 3.63) is 23.8 Å². The Morgan fingerprint density at radius 1 is 1.44 bits per heavy atom. The van der Waals surface area contributed by atoms with Gasteiger partial charge in [0, 0.05) is 5.69 Å². The molecule has 0 spiro atoms. The van der Waals surface area contributed by atoms with Crippen molar-refractivity contribution in [2.24, 2.45) is 5.73 Å². The summed E-state index contributed by atoms with van der Waals surface area (Å²) in [5, 5.41) is 8.92. The molecule has 0 saturated carbocycles. The van der Waals surface area contributed by atoms with Gasteiger partial charge < -0.3 is 21.3 Å². The summed E-state index contributed by atoms with van der Waals surface area (Å²) in [5.41, 5.74) is 10.4. The van der Waals surface area contributed by atoms with Crippen LogP contribution in [0.2, 0.25) is 0 Å². The molecule has 0 aliphatic heterocycles. The fourth-order valence-electron chi connectivity index (χ4n) is 1.12. The molecule has 0 saturated heterocycles. The predicted octanol–water partition coefficient (Wildman–Crippen LogP) is 0.220. The van der Waals surface area contributed by atoms with Crippen LogP contribution in [0.5, 0.6) is 5.75 Å². The number of carboxylic acids is 1. The summed E-state index contributed by atoms with van der Waals surface area (Å²) >= 11 is 0. The molecule has 6 nitrogen and oxygen atoms in total. The number of ether oxygens (including phenoxy) is 1. The van der Waals surface area contributed by atoms with E-state index in [9.17, 15) is 9.59 Å². The number of hydrogen-bond donors (Lipinski definition) is 3. The van der Waals surface area contributed by atoms with Gasteiger partial charge in [0.05, 0.1) is 0 Å². The number of primary amides is 1. The Kier molecular flexibility index (Phi) is 3.34. The maximum atomic E-state index is 10.9. The second kappa shape index (κ2) is 4.52. The summed E-state index contributed by atoms with van der Waals surface area (Å²) in [7, 11) is 0. The maximum absolute atomic E-state index is 10.9. The van der Waals surface area contributed by atoms with E-state index in [1.54, 1.807) is 0 Å². The van der Waals surface area contributed by atoms with Crippen LogP contribution in [0.25, 0.3) is 0 Å². The minimum absolute atomic E-state index is 0.0267. The van der Waals surface area contributed by atoms with Crippen LogP contribution in [-0.4, -0.2) is 23.1 Å². The van der Waals surface area contributed by atoms with Gasteiger partial charge in [-0.3, -0.25) is 4.79 Å². The first kappa shape index (κ1) is 11.8. The zero-order valence-electron chi connectivity index (χ0n) is 8.64. The van der Waals surface area contributed by atoms with Crippen LogP contribution in [-0.2, 0) is 4.79 Å². The molecule has 5 N–H and O–H groups in total. The Labute approximate surface area is 91.8 Å². The number of carbonyl (C=O) groups excluding carboxylic acids is 1. The molecular weight excluding hydrogens is 212 g/mol. The van der Waals surface area contributed by atoms with Gasteiger partial charge in [0.15, 0.2) is 6.10 Å². The van der Waals surface area contributed by atoms with Crippen molar-refractivity contribution >= 4 is 17.6 Å². The van der Waals surface area contributed by atoms with Gasteiger partial charge >= 0.3 is 5.97 Å². The van der Waals surface area contributed by atoms with Crippen molar-refractivity contribution in [1.29, 1.82) is 0 Å². The molecule has 1 atom stereocenters. The van der Waals surface area contributed by atoms with Gasteiger partial charge in [0.2, 0.25) is 0 Å². The van der Waals surface area contributed by atoms with E-state index in [4.69, 9.17) is 21.3 Å². The summed E-state index contributed by atoms with van der Waals surface area (Å²) in [4.78, 5) is 21.7. The third-order valence-electron chi connectivity index (χ3n) is 1.98. The van der Waals surface area contributed by atoms with Crippen LogP contribution in [0.1, 0.15) is 17.3 Å². The minimum Gasteiger partial charge on any atom is -0.480 e. The Morgan fingerprint density at radius 2 is 2.06 bits per heavy atom. The van der Waals surface area contributed by atoms with E-state index < -0.39 is 18.0 Å². The van der Waals surface area contributed by atoms with Gasteiger partial charge in [-0.1, -0.05) is 6.07 Å². The van der Waals surface area contributed by atoms with Crippen LogP contribution in [0.4, 0.5) is 5.69 Å². The number of aromatic carboxylic acids is 1. The van der Waals surface area contributed by atoms with Crippen molar-refractivity contribution in [2.45, 2.75) is 13.0 Å². The van der Waals surface area contributed by atoms with Crippen LogP contribution < -0.4 is 16.2 Å². The summed E-state index contributed by atoms with van der Waals surface area (Å²) in [5.74, 6) is -1.87. The van der Waals surface area contributed by atoms with Gasteiger partial charge in [-0.25, -0.2) is 4.79 Å². The average Bonchev–Trinajstić information content (AvgIpc) is 2.16. The van der Waals surface area contributed by atoms with Gasteiger partial charge in [-0.2, -0.15) is 0 Å². The number of nitrogens with two attached hydrogens (primary N) is 2. The van der Waals surface area contributed by atoms with E-state index >= 15 is 0 Å². The molecule has 1 amide bonds. The predicted molar refractivity (Wildman–Crippen MR) is 57.1 cm³/mol. The fourth-order valence-corrected chi connectivity index (χ4v) is 1.12. The Balaban J connectivity index is 3.09. The number of nitrogen functional groups attached to an aromatic ring is 1. The van der Waals surface area contributed by atoms with Crippen molar-refractivity contribution in [3.63, 3.8) is 0 Å². The quantitative estimate of drug-likeness (QED) is 0.632. The molecule has 0 radical (unpaired) electrons. The molecule has 6 heteroatoms. The highest BCUT2D eigenvalue weighted by molar-refractivity contribution is 5.96. The molecule has 0 aliphatic carbocycles. The number of rotatable bonds is 4. The maximum Gasteiger partial charge on any atom is 0.341 e. The number of anilines is 1. The molecule has 1 aromatic carbocycles. The van der Waals surface area contributed by atoms with Crippen molar-refractivity contribution in [1.82, 2.24) is 0 Å². The van der Waals surface area contributed by atoms with Gasteiger partial charge in [-0.15, -0.1) is 0 Å². The van der Waals surface area contributed by atoms with Crippen molar-refractivity contribution < 1.29 is 19.4 Å². The minimum atomic E-state index is -1.22. The third-order valence-corrected chi connectivity index (χ3v) is 1.98. The van der Waals surface area contributed by atoms with Crippen molar-refractivity contribution in [2.75, 3.05) is 5.73 Å². The number of amides is 1. The lowest BCUT2D eigenvalue weighted by Gasteiger charge is -2.14. The van der Waals surface area contributed by atoms with Crippen LogP contribution in [0.3, 0.4) is 0 Å². The van der Waals surface area contributed by atoms with Gasteiger partial charge in [0.1, 0.15) is 11.3 Å². The molecule has 1 aromatic rings. The Hall–Kier alpha value is -2.24. The zero-order valence-corrected chi connectivity index (χ0v) is 8.64. The summed E-state index contributed by atoms with van der Waals surface area (Å²) in [6.45, 7) is 1.43. The largest absolute Gasteiger partial charge is 0.480 e. The first-order chi connectivity index (χ1) is 7.43. The molecule has 1 rings (SSSR count). The molecule has 0 aliphatic rings. The van der Waals surface area contributed by atoms with E-state index in [0.29, 0.717) is 0 Å². The molecular formula is C10H12N2O4. The molecule has 1 unspecified atom stereocenters. The third kappa shape index (κ3) is 2.41. The van der Waals surface area contributed by atoms with Crippen LogP contribution >= 0.6 is 0 Å². The Morgan fingerprint density at radius 3 is 2.56 bits per heavy atom. The summed E-state index contributed by atoms with van der Waals surface area (Å²) < 4.78 is 5.11. The number of benzene rings is 1. The van der Waals surface area contributed by atoms with E-state index in [1.807, 2.05) is 0 Å². The summed E-state index contributed by atoms with van der Waals surface area (Å²) in [6.07, 6.45) is -0.917. The molecule has 86 valence electrons.